The zero-order valence-corrected chi connectivity index (χ0v) is 5.72. The SMILES string of the molecule is CCOC=C1CONC1=O. The Balaban J connectivity index is 2.46. The Bertz CT molecular complexity index is 164. The van der Waals surface area contributed by atoms with Crippen LogP contribution in [0.15, 0.2) is 11.8 Å². The summed E-state index contributed by atoms with van der Waals surface area (Å²) in [5, 5.41) is 0. The summed E-state index contributed by atoms with van der Waals surface area (Å²) in [7, 11) is 0. The molecular weight excluding hydrogens is 134 g/mol. The van der Waals surface area contributed by atoms with Gasteiger partial charge in [-0.2, -0.15) is 0 Å². The van der Waals surface area contributed by atoms with Crippen LogP contribution in [-0.2, 0) is 14.4 Å². The molecule has 0 aromatic rings. The van der Waals surface area contributed by atoms with Crippen molar-refractivity contribution in [2.45, 2.75) is 6.92 Å². The van der Waals surface area contributed by atoms with E-state index in [2.05, 4.69) is 10.3 Å². The van der Waals surface area contributed by atoms with Crippen molar-refractivity contribution < 1.29 is 14.4 Å². The summed E-state index contributed by atoms with van der Waals surface area (Å²) in [6.07, 6.45) is 1.42. The van der Waals surface area contributed by atoms with E-state index in [1.165, 1.54) is 6.26 Å². The van der Waals surface area contributed by atoms with Gasteiger partial charge in [0.25, 0.3) is 5.91 Å². The van der Waals surface area contributed by atoms with Crippen LogP contribution < -0.4 is 5.48 Å². The normalized spacial score (nSPS) is 21.3. The van der Waals surface area contributed by atoms with Crippen LogP contribution in [0.25, 0.3) is 0 Å². The lowest BCUT2D eigenvalue weighted by Crippen LogP contribution is -2.12. The van der Waals surface area contributed by atoms with Gasteiger partial charge in [-0.05, 0) is 6.92 Å². The molecule has 0 bridgehead atoms. The first kappa shape index (κ1) is 7.08. The maximum atomic E-state index is 10.7. The average molecular weight is 143 g/mol. The Hall–Kier alpha value is -1.03. The summed E-state index contributed by atoms with van der Waals surface area (Å²) in [4.78, 5) is 15.3. The zero-order valence-electron chi connectivity index (χ0n) is 5.72. The van der Waals surface area contributed by atoms with E-state index in [9.17, 15) is 4.79 Å². The quantitative estimate of drug-likeness (QED) is 0.436. The minimum absolute atomic E-state index is 0.214. The Morgan fingerprint density at radius 1 is 1.90 bits per heavy atom. The highest BCUT2D eigenvalue weighted by molar-refractivity contribution is 5.94. The molecule has 1 aliphatic heterocycles. The van der Waals surface area contributed by atoms with Gasteiger partial charge in [0.1, 0.15) is 6.61 Å². The molecule has 1 aliphatic rings. The first-order chi connectivity index (χ1) is 4.84. The summed E-state index contributed by atoms with van der Waals surface area (Å²) < 4.78 is 4.88. The van der Waals surface area contributed by atoms with E-state index in [0.717, 1.165) is 0 Å². The first-order valence-corrected chi connectivity index (χ1v) is 3.07. The third-order valence-electron chi connectivity index (χ3n) is 1.08. The minimum atomic E-state index is -0.214. The number of hydrogen-bond acceptors (Lipinski definition) is 3. The molecular formula is C6H9NO3. The molecule has 4 nitrogen and oxygen atoms in total. The summed E-state index contributed by atoms with van der Waals surface area (Å²) in [5.41, 5.74) is 2.72. The Labute approximate surface area is 58.8 Å². The first-order valence-electron chi connectivity index (χ1n) is 3.07. The predicted octanol–water partition coefficient (Wildman–Crippen LogP) is -0.0318. The molecule has 1 rings (SSSR count). The minimum Gasteiger partial charge on any atom is -0.501 e. The van der Waals surface area contributed by atoms with E-state index >= 15 is 0 Å². The van der Waals surface area contributed by atoms with Crippen LogP contribution in [0.2, 0.25) is 0 Å². The van der Waals surface area contributed by atoms with Gasteiger partial charge in [-0.3, -0.25) is 9.63 Å². The fourth-order valence-corrected chi connectivity index (χ4v) is 0.582. The van der Waals surface area contributed by atoms with Crippen molar-refractivity contribution in [2.24, 2.45) is 0 Å². The third kappa shape index (κ3) is 1.48. The molecule has 1 N–H and O–H groups in total. The monoisotopic (exact) mass is 143 g/mol. The van der Waals surface area contributed by atoms with Gasteiger partial charge in [-0.25, -0.2) is 5.48 Å². The number of ether oxygens (including phenoxy) is 1. The van der Waals surface area contributed by atoms with Crippen LogP contribution >= 0.6 is 0 Å². The van der Waals surface area contributed by atoms with Crippen LogP contribution in [0.4, 0.5) is 0 Å². The van der Waals surface area contributed by atoms with Crippen molar-refractivity contribution in [3.63, 3.8) is 0 Å². The Morgan fingerprint density at radius 3 is 3.20 bits per heavy atom. The lowest BCUT2D eigenvalue weighted by Gasteiger charge is -1.92. The summed E-state index contributed by atoms with van der Waals surface area (Å²) in [6, 6.07) is 0. The molecule has 4 heteroatoms. The zero-order chi connectivity index (χ0) is 7.40. The highest BCUT2D eigenvalue weighted by Gasteiger charge is 2.17. The maximum absolute atomic E-state index is 10.7. The van der Waals surface area contributed by atoms with Crippen LogP contribution in [-0.4, -0.2) is 19.1 Å². The number of amides is 1. The maximum Gasteiger partial charge on any atom is 0.276 e. The molecule has 10 heavy (non-hydrogen) atoms. The number of hydroxylamine groups is 1. The smallest absolute Gasteiger partial charge is 0.276 e. The second-order valence-corrected chi connectivity index (χ2v) is 1.82. The molecule has 0 aromatic heterocycles. The summed E-state index contributed by atoms with van der Waals surface area (Å²) >= 11 is 0. The average Bonchev–Trinajstić information content (AvgIpc) is 2.31. The number of hydrogen-bond donors (Lipinski definition) is 1. The van der Waals surface area contributed by atoms with Gasteiger partial charge in [0, 0.05) is 0 Å². The van der Waals surface area contributed by atoms with Crippen LogP contribution in [0.1, 0.15) is 6.92 Å². The second kappa shape index (κ2) is 3.22. The van der Waals surface area contributed by atoms with E-state index in [1.54, 1.807) is 0 Å². The van der Waals surface area contributed by atoms with Crippen molar-refractivity contribution in [3.8, 4) is 0 Å². The molecule has 1 heterocycles. The van der Waals surface area contributed by atoms with Gasteiger partial charge in [-0.1, -0.05) is 0 Å². The van der Waals surface area contributed by atoms with E-state index in [1.807, 2.05) is 6.92 Å². The van der Waals surface area contributed by atoms with E-state index in [4.69, 9.17) is 4.74 Å². The summed E-state index contributed by atoms with van der Waals surface area (Å²) in [6.45, 7) is 2.71. The number of rotatable bonds is 2. The van der Waals surface area contributed by atoms with Crippen LogP contribution in [0, 0.1) is 0 Å². The molecule has 0 aromatic carbocycles. The van der Waals surface area contributed by atoms with E-state index in [0.29, 0.717) is 18.8 Å². The van der Waals surface area contributed by atoms with E-state index < -0.39 is 0 Å². The summed E-state index contributed by atoms with van der Waals surface area (Å²) in [5.74, 6) is -0.214. The molecule has 1 fully saturated rings. The number of carbonyl (C=O) groups is 1. The van der Waals surface area contributed by atoms with Crippen molar-refractivity contribution in [1.29, 1.82) is 0 Å². The lowest BCUT2D eigenvalue weighted by atomic mass is 10.3. The highest BCUT2D eigenvalue weighted by atomic mass is 16.7. The second-order valence-electron chi connectivity index (χ2n) is 1.82. The molecule has 0 unspecified atom stereocenters. The Morgan fingerprint density at radius 2 is 2.70 bits per heavy atom. The fourth-order valence-electron chi connectivity index (χ4n) is 0.582. The highest BCUT2D eigenvalue weighted by Crippen LogP contribution is 2.01. The van der Waals surface area contributed by atoms with Gasteiger partial charge >= 0.3 is 0 Å². The molecule has 1 saturated heterocycles. The van der Waals surface area contributed by atoms with Crippen molar-refractivity contribution >= 4 is 5.91 Å². The van der Waals surface area contributed by atoms with Crippen molar-refractivity contribution in [1.82, 2.24) is 5.48 Å². The lowest BCUT2D eigenvalue weighted by molar-refractivity contribution is -0.122. The van der Waals surface area contributed by atoms with Crippen LogP contribution in [0.3, 0.4) is 0 Å². The molecule has 0 atom stereocenters. The van der Waals surface area contributed by atoms with Crippen molar-refractivity contribution in [2.75, 3.05) is 13.2 Å². The number of nitrogens with one attached hydrogen (secondary N) is 1. The van der Waals surface area contributed by atoms with Gasteiger partial charge < -0.3 is 4.74 Å². The largest absolute Gasteiger partial charge is 0.501 e. The third-order valence-corrected chi connectivity index (χ3v) is 1.08. The van der Waals surface area contributed by atoms with Crippen molar-refractivity contribution in [3.05, 3.63) is 11.8 Å². The molecule has 0 saturated carbocycles. The van der Waals surface area contributed by atoms with Gasteiger partial charge in [0.05, 0.1) is 18.4 Å². The Kier molecular flexibility index (Phi) is 2.28. The molecule has 1 amide bonds. The van der Waals surface area contributed by atoms with Crippen LogP contribution in [0.5, 0.6) is 0 Å². The predicted molar refractivity (Wildman–Crippen MR) is 33.8 cm³/mol. The van der Waals surface area contributed by atoms with Gasteiger partial charge in [0.2, 0.25) is 0 Å². The molecule has 56 valence electrons. The molecule has 0 spiro atoms. The number of carbonyl (C=O) groups excluding carboxylic acids is 1. The topological polar surface area (TPSA) is 47.6 Å². The van der Waals surface area contributed by atoms with E-state index in [-0.39, 0.29) is 5.91 Å². The van der Waals surface area contributed by atoms with Gasteiger partial charge in [0.15, 0.2) is 0 Å². The molecule has 0 aliphatic carbocycles. The fraction of sp³-hybridized carbons (Fsp3) is 0.500. The van der Waals surface area contributed by atoms with Gasteiger partial charge in [-0.15, -0.1) is 0 Å². The molecule has 0 radical (unpaired) electrons. The standard InChI is InChI=1S/C6H9NO3/c1-2-9-3-5-4-10-7-6(5)8/h3H,2,4H2,1H3,(H,7,8).